The van der Waals surface area contributed by atoms with Gasteiger partial charge in [-0.05, 0) is 248 Å². The second-order valence-corrected chi connectivity index (χ2v) is 30.7. The van der Waals surface area contributed by atoms with Crippen molar-refractivity contribution in [3.8, 4) is 57.5 Å². The van der Waals surface area contributed by atoms with E-state index in [0.29, 0.717) is 19.8 Å². The fourth-order valence-corrected chi connectivity index (χ4v) is 12.3. The summed E-state index contributed by atoms with van der Waals surface area (Å²) in [5, 5.41) is 46.4. The molecule has 25 nitrogen and oxygen atoms in total. The molecular formula is C103H114O25. The Morgan fingerprint density at radius 2 is 0.469 bits per heavy atom. The third-order valence-electron chi connectivity index (χ3n) is 19.2. The predicted molar refractivity (Wildman–Crippen MR) is 481 cm³/mol. The molecule has 676 valence electrons. The van der Waals surface area contributed by atoms with Crippen molar-refractivity contribution in [1.82, 2.24) is 0 Å². The lowest BCUT2D eigenvalue weighted by atomic mass is 9.98. The van der Waals surface area contributed by atoms with Crippen LogP contribution in [0.3, 0.4) is 0 Å². The monoisotopic (exact) mass is 1750 g/mol. The fourth-order valence-electron chi connectivity index (χ4n) is 12.3. The van der Waals surface area contributed by atoms with Crippen molar-refractivity contribution >= 4 is 59.7 Å². The third-order valence-corrected chi connectivity index (χ3v) is 19.2. The first kappa shape index (κ1) is 101. The Hall–Kier alpha value is -14.1. The molecule has 0 heterocycles. The first-order valence-corrected chi connectivity index (χ1v) is 43.2. The normalized spacial score (nSPS) is 11.3. The summed E-state index contributed by atoms with van der Waals surface area (Å²) in [6.07, 6.45) is 23.7. The van der Waals surface area contributed by atoms with E-state index in [4.69, 9.17) is 47.4 Å². The van der Waals surface area contributed by atoms with Crippen molar-refractivity contribution in [3.05, 3.63) is 298 Å². The lowest BCUT2D eigenvalue weighted by molar-refractivity contribution is 0.00642. The zero-order valence-corrected chi connectivity index (χ0v) is 73.3. The zero-order valence-electron chi connectivity index (χ0n) is 73.3. The molecule has 0 spiro atoms. The van der Waals surface area contributed by atoms with Crippen LogP contribution in [0.2, 0.25) is 0 Å². The van der Waals surface area contributed by atoms with Crippen molar-refractivity contribution in [2.45, 2.75) is 195 Å². The Kier molecular flexibility index (Phi) is 43.6. The van der Waals surface area contributed by atoms with Gasteiger partial charge in [0, 0.05) is 0 Å². The van der Waals surface area contributed by atoms with E-state index in [1.54, 1.807) is 130 Å². The first-order chi connectivity index (χ1) is 61.7. The summed E-state index contributed by atoms with van der Waals surface area (Å²) < 4.78 is 53.4. The Balaban J connectivity index is 0.000000219. The molecule has 0 aliphatic heterocycles. The number of phenols is 5. The standard InChI is InChI=1S/C23H28O5.C22H26O5.C20H20O5.C20H22O5.C18H18O5/c1-2-3-4-5-6-7-10-17-27-23(26)20-11-8-9-12-21(20)28-22(25)18-13-15-19(24)16-14-18;1-2-3-4-5-6-9-16-26-22(25)19-10-7-8-11-20(19)27-21(24)17-12-14-18(23)15-13-17;21-15-12-10-14(11-13-15)19(22)25-18-9-5-4-8-17(18)20(23)24-16-6-2-1-3-7-16;1-2-3-4-7-14-24-20(23)17-8-5-6-9-18(17)25-19(22)15-10-12-16(21)13-11-15;1-18(2,3)23-17(21)14-6-4-5-7-15(14)22-16(20)12-8-10-13(19)11-9-12/h8-9,11-16,24H,2-7,10,17H2,1H3;7-8,10-15,23H,2-6,9,16H2,1H3;4-5,8-13,16,21H,1-3,6-7H2;5-6,8-13,21H,2-4,7,14H2,1H3;4-11,19H,1-3H3. The summed E-state index contributed by atoms with van der Waals surface area (Å²) in [7, 11) is 0. The number of ether oxygens (including phenoxy) is 10. The smallest absolute Gasteiger partial charge is 0.343 e. The maximum atomic E-state index is 12.4. The van der Waals surface area contributed by atoms with Gasteiger partial charge in [0.1, 0.15) is 97.0 Å². The van der Waals surface area contributed by atoms with E-state index in [0.717, 1.165) is 89.9 Å². The van der Waals surface area contributed by atoms with Crippen LogP contribution < -0.4 is 23.7 Å². The molecule has 0 amide bonds. The van der Waals surface area contributed by atoms with Crippen LogP contribution in [0.4, 0.5) is 0 Å². The maximum absolute atomic E-state index is 12.4. The highest BCUT2D eigenvalue weighted by atomic mass is 16.6. The van der Waals surface area contributed by atoms with E-state index >= 15 is 0 Å². The minimum absolute atomic E-state index is 0.0516. The van der Waals surface area contributed by atoms with Crippen molar-refractivity contribution in [2.24, 2.45) is 0 Å². The number of carbonyl (C=O) groups excluding carboxylic acids is 10. The average Bonchev–Trinajstić information content (AvgIpc) is 0.838. The predicted octanol–water partition coefficient (Wildman–Crippen LogP) is 22.7. The van der Waals surface area contributed by atoms with Crippen molar-refractivity contribution in [1.29, 1.82) is 0 Å². The number of phenolic OH excluding ortho intramolecular Hbond substituents is 5. The van der Waals surface area contributed by atoms with E-state index in [1.165, 1.54) is 185 Å². The van der Waals surface area contributed by atoms with Gasteiger partial charge in [-0.1, -0.05) is 178 Å². The van der Waals surface area contributed by atoms with E-state index in [1.807, 2.05) is 0 Å². The highest BCUT2D eigenvalue weighted by Gasteiger charge is 2.27. The highest BCUT2D eigenvalue weighted by molar-refractivity contribution is 6.00. The van der Waals surface area contributed by atoms with Crippen molar-refractivity contribution in [2.75, 3.05) is 19.8 Å². The zero-order chi connectivity index (χ0) is 92.4. The molecule has 1 fully saturated rings. The topological polar surface area (TPSA) is 364 Å². The minimum Gasteiger partial charge on any atom is -0.508 e. The van der Waals surface area contributed by atoms with Gasteiger partial charge in [0.2, 0.25) is 0 Å². The van der Waals surface area contributed by atoms with Gasteiger partial charge in [0.25, 0.3) is 0 Å². The molecule has 11 rings (SSSR count). The summed E-state index contributed by atoms with van der Waals surface area (Å²) in [6, 6.07) is 60.9. The molecular weight excluding hydrogens is 1640 g/mol. The van der Waals surface area contributed by atoms with E-state index in [2.05, 4.69) is 20.8 Å². The van der Waals surface area contributed by atoms with Gasteiger partial charge in [-0.3, -0.25) is 0 Å². The van der Waals surface area contributed by atoms with E-state index in [-0.39, 0.29) is 119 Å². The van der Waals surface area contributed by atoms with Crippen LogP contribution in [0, 0.1) is 0 Å². The number of carbonyl (C=O) groups is 10. The number of aromatic hydroxyl groups is 5. The second-order valence-electron chi connectivity index (χ2n) is 30.7. The molecule has 1 aliphatic carbocycles. The summed E-state index contributed by atoms with van der Waals surface area (Å²) in [6.45, 7) is 12.8. The van der Waals surface area contributed by atoms with Crippen molar-refractivity contribution < 1.29 is 121 Å². The summed E-state index contributed by atoms with van der Waals surface area (Å²) in [5.41, 5.74) is 1.81. The van der Waals surface area contributed by atoms with Gasteiger partial charge < -0.3 is 72.9 Å². The molecule has 0 unspecified atom stereocenters. The summed E-state index contributed by atoms with van der Waals surface area (Å²) in [5.74, 6) is -4.53. The molecule has 0 saturated heterocycles. The van der Waals surface area contributed by atoms with Gasteiger partial charge in [0.05, 0.1) is 47.6 Å². The van der Waals surface area contributed by atoms with E-state index < -0.39 is 65.3 Å². The number of benzene rings is 10. The number of hydrogen-bond donors (Lipinski definition) is 5. The first-order valence-electron chi connectivity index (χ1n) is 43.2. The highest BCUT2D eigenvalue weighted by Crippen LogP contribution is 2.30. The van der Waals surface area contributed by atoms with Gasteiger partial charge in [-0.25, -0.2) is 47.9 Å². The Morgan fingerprint density at radius 1 is 0.258 bits per heavy atom. The Bertz CT molecular complexity index is 5140. The number of rotatable bonds is 36. The Labute approximate surface area is 746 Å². The summed E-state index contributed by atoms with van der Waals surface area (Å²) >= 11 is 0. The van der Waals surface area contributed by atoms with Crippen LogP contribution in [0.25, 0.3) is 0 Å². The molecule has 1 aliphatic rings. The largest absolute Gasteiger partial charge is 0.508 e. The molecule has 0 radical (unpaired) electrons. The molecule has 0 atom stereocenters. The van der Waals surface area contributed by atoms with Crippen LogP contribution in [0.15, 0.2) is 243 Å². The van der Waals surface area contributed by atoms with Crippen LogP contribution >= 0.6 is 0 Å². The number of hydrogen-bond acceptors (Lipinski definition) is 25. The molecule has 128 heavy (non-hydrogen) atoms. The molecule has 25 heteroatoms. The quantitative estimate of drug-likeness (QED) is 0.0105. The van der Waals surface area contributed by atoms with Gasteiger partial charge >= 0.3 is 59.7 Å². The lowest BCUT2D eigenvalue weighted by Crippen LogP contribution is -2.24. The fraction of sp³-hybridized carbons (Fsp3) is 0.320. The minimum atomic E-state index is -0.648. The van der Waals surface area contributed by atoms with E-state index in [9.17, 15) is 73.5 Å². The molecule has 5 N–H and O–H groups in total. The van der Waals surface area contributed by atoms with Crippen LogP contribution in [0.1, 0.15) is 286 Å². The van der Waals surface area contributed by atoms with Gasteiger partial charge in [0.15, 0.2) is 0 Å². The van der Waals surface area contributed by atoms with Crippen LogP contribution in [-0.4, -0.2) is 117 Å². The molecule has 1 saturated carbocycles. The van der Waals surface area contributed by atoms with Crippen LogP contribution in [-0.2, 0) is 23.7 Å². The lowest BCUT2D eigenvalue weighted by Gasteiger charge is -2.22. The number of para-hydroxylation sites is 5. The number of esters is 10. The average molecular weight is 1750 g/mol. The van der Waals surface area contributed by atoms with Gasteiger partial charge in [-0.15, -0.1) is 0 Å². The molecule has 0 bridgehead atoms. The molecule has 0 aromatic heterocycles. The summed E-state index contributed by atoms with van der Waals surface area (Å²) in [4.78, 5) is 123. The second kappa shape index (κ2) is 55.3. The molecule has 10 aromatic carbocycles. The maximum Gasteiger partial charge on any atom is 0.343 e. The Morgan fingerprint density at radius 3 is 0.711 bits per heavy atom. The number of unbranched alkanes of at least 4 members (excludes halogenated alkanes) is 14. The SMILES string of the molecule is CC(C)(C)OC(=O)c1ccccc1OC(=O)c1ccc(O)cc1.CCCCCCCCCOC(=O)c1ccccc1OC(=O)c1ccc(O)cc1.CCCCCCCCOC(=O)c1ccccc1OC(=O)c1ccc(O)cc1.CCCCCCOC(=O)c1ccccc1OC(=O)c1ccc(O)cc1.O=C(Oc1ccccc1C(=O)OC1CCCCC1)c1ccc(O)cc1. The third kappa shape index (κ3) is 36.6. The molecule has 10 aromatic rings. The van der Waals surface area contributed by atoms with Crippen LogP contribution in [0.5, 0.6) is 57.5 Å². The van der Waals surface area contributed by atoms with Gasteiger partial charge in [-0.2, -0.15) is 0 Å². The van der Waals surface area contributed by atoms with Crippen molar-refractivity contribution in [3.63, 3.8) is 0 Å².